The molecule has 1 aromatic heterocycles. The second-order valence-electron chi connectivity index (χ2n) is 5.01. The molecule has 0 aliphatic carbocycles. The van der Waals surface area contributed by atoms with Crippen molar-refractivity contribution in [2.24, 2.45) is 0 Å². The molecule has 1 aliphatic rings. The molecule has 0 radical (unpaired) electrons. The van der Waals surface area contributed by atoms with E-state index in [9.17, 15) is 14.4 Å². The van der Waals surface area contributed by atoms with Crippen LogP contribution in [0.3, 0.4) is 0 Å². The second kappa shape index (κ2) is 9.34. The van der Waals surface area contributed by atoms with Crippen LogP contribution in [0.4, 0.5) is 0 Å². The molecule has 5 nitrogen and oxygen atoms in total. The molecule has 1 saturated heterocycles. The Hall–Kier alpha value is -0.990. The van der Waals surface area contributed by atoms with Gasteiger partial charge in [0.05, 0.1) is 11.8 Å². The molecule has 1 aromatic rings. The van der Waals surface area contributed by atoms with Gasteiger partial charge in [0.25, 0.3) is 0 Å². The largest absolute Gasteiger partial charge is 0.298 e. The molecule has 0 aromatic carbocycles. The van der Waals surface area contributed by atoms with E-state index in [4.69, 9.17) is 0 Å². The van der Waals surface area contributed by atoms with Crippen molar-refractivity contribution >= 4 is 50.9 Å². The highest BCUT2D eigenvalue weighted by Gasteiger charge is 2.38. The average Bonchev–Trinajstić information content (AvgIpc) is 2.79. The summed E-state index contributed by atoms with van der Waals surface area (Å²) < 4.78 is 0. The van der Waals surface area contributed by atoms with Crippen LogP contribution in [0.2, 0.25) is 0 Å². The van der Waals surface area contributed by atoms with Gasteiger partial charge in [-0.1, -0.05) is 16.9 Å². The number of hydrogen-bond acceptors (Lipinski definition) is 7. The van der Waals surface area contributed by atoms with Gasteiger partial charge in [0, 0.05) is 18.4 Å². The van der Waals surface area contributed by atoms with E-state index in [2.05, 4.69) is 4.98 Å². The van der Waals surface area contributed by atoms with Gasteiger partial charge in [-0.05, 0) is 42.0 Å². The van der Waals surface area contributed by atoms with Crippen molar-refractivity contribution in [3.63, 3.8) is 0 Å². The number of nitrogens with zero attached hydrogens (tertiary/aromatic N) is 2. The molecule has 23 heavy (non-hydrogen) atoms. The van der Waals surface area contributed by atoms with E-state index in [0.29, 0.717) is 0 Å². The smallest absolute Gasteiger partial charge is 0.243 e. The van der Waals surface area contributed by atoms with Gasteiger partial charge in [-0.25, -0.2) is 4.98 Å². The van der Waals surface area contributed by atoms with Crippen LogP contribution in [0.5, 0.6) is 0 Å². The number of rotatable bonds is 9. The molecular weight excluding hydrogens is 352 g/mol. The maximum atomic E-state index is 12.1. The predicted octanol–water partition coefficient (Wildman–Crippen LogP) is 2.66. The normalized spacial score (nSPS) is 17.8. The first-order valence-corrected chi connectivity index (χ1v) is 10.6. The molecule has 1 aliphatic heterocycles. The summed E-state index contributed by atoms with van der Waals surface area (Å²) in [5.41, 5.74) is 0. The standard InChI is InChI=1S/C15H18N2O3S3/c1-11(18)10-17-14(19)9-12(15(17)20)21-7-4-8-22-23-13-5-2-3-6-16-13/h2-3,5-6,12H,4,7-10H2,1H3. The number of hydrogen-bond donors (Lipinski definition) is 0. The Bertz CT molecular complexity index is 568. The first-order valence-electron chi connectivity index (χ1n) is 7.23. The summed E-state index contributed by atoms with van der Waals surface area (Å²) in [7, 11) is 3.37. The van der Waals surface area contributed by atoms with Gasteiger partial charge in [-0.2, -0.15) is 0 Å². The van der Waals surface area contributed by atoms with E-state index in [0.717, 1.165) is 27.9 Å². The number of carbonyl (C=O) groups is 3. The van der Waals surface area contributed by atoms with Crippen LogP contribution >= 0.6 is 33.3 Å². The van der Waals surface area contributed by atoms with Crippen LogP contribution in [-0.4, -0.2) is 50.8 Å². The van der Waals surface area contributed by atoms with Crippen molar-refractivity contribution in [3.8, 4) is 0 Å². The second-order valence-corrected chi connectivity index (χ2v) is 8.76. The van der Waals surface area contributed by atoms with Gasteiger partial charge in [-0.15, -0.1) is 11.8 Å². The minimum Gasteiger partial charge on any atom is -0.298 e. The maximum absolute atomic E-state index is 12.1. The summed E-state index contributed by atoms with van der Waals surface area (Å²) in [6, 6.07) is 5.82. The number of amides is 2. The topological polar surface area (TPSA) is 67.3 Å². The lowest BCUT2D eigenvalue weighted by Crippen LogP contribution is -2.35. The minimum absolute atomic E-state index is 0.0920. The summed E-state index contributed by atoms with van der Waals surface area (Å²) in [6.45, 7) is 1.29. The summed E-state index contributed by atoms with van der Waals surface area (Å²) in [5, 5.41) is 0.664. The molecule has 1 fully saturated rings. The average molecular weight is 371 g/mol. The van der Waals surface area contributed by atoms with Crippen LogP contribution in [-0.2, 0) is 14.4 Å². The molecule has 8 heteroatoms. The highest BCUT2D eigenvalue weighted by atomic mass is 33.1. The highest BCUT2D eigenvalue weighted by Crippen LogP contribution is 2.31. The maximum Gasteiger partial charge on any atom is 0.243 e. The Balaban J connectivity index is 1.62. The number of aromatic nitrogens is 1. The summed E-state index contributed by atoms with van der Waals surface area (Å²) >= 11 is 1.51. The zero-order valence-electron chi connectivity index (χ0n) is 12.8. The van der Waals surface area contributed by atoms with Gasteiger partial charge in [0.1, 0.15) is 10.8 Å². The van der Waals surface area contributed by atoms with Crippen molar-refractivity contribution in [3.05, 3.63) is 24.4 Å². The van der Waals surface area contributed by atoms with Crippen LogP contribution in [0.15, 0.2) is 29.4 Å². The molecule has 2 rings (SSSR count). The lowest BCUT2D eigenvalue weighted by Gasteiger charge is -2.12. The van der Waals surface area contributed by atoms with Crippen LogP contribution in [0, 0.1) is 0 Å². The Morgan fingerprint density at radius 1 is 1.35 bits per heavy atom. The van der Waals surface area contributed by atoms with Crippen LogP contribution in [0.25, 0.3) is 0 Å². The molecule has 1 unspecified atom stereocenters. The third-order valence-electron chi connectivity index (χ3n) is 3.06. The summed E-state index contributed by atoms with van der Waals surface area (Å²) in [4.78, 5) is 40.2. The zero-order valence-corrected chi connectivity index (χ0v) is 15.2. The molecule has 0 saturated carbocycles. The lowest BCUT2D eigenvalue weighted by molar-refractivity contribution is -0.141. The molecule has 2 amide bonds. The zero-order chi connectivity index (χ0) is 16.7. The Morgan fingerprint density at radius 3 is 2.87 bits per heavy atom. The number of pyridine rings is 1. The minimum atomic E-state index is -0.324. The Kier molecular flexibility index (Phi) is 7.45. The predicted molar refractivity (Wildman–Crippen MR) is 95.4 cm³/mol. The summed E-state index contributed by atoms with van der Waals surface area (Å²) in [5.74, 6) is 1.17. The fraction of sp³-hybridized carbons (Fsp3) is 0.467. The molecule has 0 bridgehead atoms. The van der Waals surface area contributed by atoms with Crippen molar-refractivity contribution in [2.45, 2.75) is 30.0 Å². The fourth-order valence-electron chi connectivity index (χ4n) is 2.01. The molecule has 124 valence electrons. The van der Waals surface area contributed by atoms with E-state index in [1.165, 1.54) is 18.7 Å². The first-order chi connectivity index (χ1) is 11.1. The number of Topliss-reactive ketones (excluding diaryl/α,β-unsaturated/α-hetero) is 1. The molecule has 0 spiro atoms. The van der Waals surface area contributed by atoms with Crippen molar-refractivity contribution in [2.75, 3.05) is 18.1 Å². The van der Waals surface area contributed by atoms with Crippen molar-refractivity contribution in [1.82, 2.24) is 9.88 Å². The van der Waals surface area contributed by atoms with E-state index in [1.54, 1.807) is 27.8 Å². The molecule has 2 heterocycles. The Labute approximate surface area is 147 Å². The Morgan fingerprint density at radius 2 is 2.17 bits per heavy atom. The van der Waals surface area contributed by atoms with E-state index in [1.807, 2.05) is 18.2 Å². The molecule has 1 atom stereocenters. The van der Waals surface area contributed by atoms with Gasteiger partial charge in [0.2, 0.25) is 11.8 Å². The number of carbonyl (C=O) groups excluding carboxylic acids is 3. The van der Waals surface area contributed by atoms with Crippen LogP contribution < -0.4 is 0 Å². The van der Waals surface area contributed by atoms with Crippen molar-refractivity contribution < 1.29 is 14.4 Å². The number of ketones is 1. The monoisotopic (exact) mass is 370 g/mol. The van der Waals surface area contributed by atoms with Crippen molar-refractivity contribution in [1.29, 1.82) is 0 Å². The van der Waals surface area contributed by atoms with E-state index >= 15 is 0 Å². The van der Waals surface area contributed by atoms with Gasteiger partial charge < -0.3 is 0 Å². The SMILES string of the molecule is CC(=O)CN1C(=O)CC(SCCCSSc2ccccn2)C1=O. The first kappa shape index (κ1) is 18.4. The fourth-order valence-corrected chi connectivity index (χ4v) is 5.29. The lowest BCUT2D eigenvalue weighted by atomic mass is 10.4. The molecule has 0 N–H and O–H groups in total. The quantitative estimate of drug-likeness (QED) is 0.376. The molecular formula is C15H18N2O3S3. The third kappa shape index (κ3) is 5.86. The number of likely N-dealkylation sites (tertiary alicyclic amines) is 1. The van der Waals surface area contributed by atoms with E-state index < -0.39 is 0 Å². The van der Waals surface area contributed by atoms with Gasteiger partial charge in [-0.3, -0.25) is 19.3 Å². The van der Waals surface area contributed by atoms with Crippen LogP contribution in [0.1, 0.15) is 19.8 Å². The highest BCUT2D eigenvalue weighted by molar-refractivity contribution is 8.76. The van der Waals surface area contributed by atoms with Gasteiger partial charge >= 0.3 is 0 Å². The summed E-state index contributed by atoms with van der Waals surface area (Å²) in [6.07, 6.45) is 2.95. The van der Waals surface area contributed by atoms with Gasteiger partial charge in [0.15, 0.2) is 0 Å². The third-order valence-corrected chi connectivity index (χ3v) is 6.70. The van der Waals surface area contributed by atoms with E-state index in [-0.39, 0.29) is 35.8 Å². The number of imide groups is 1. The number of thioether (sulfide) groups is 1.